The molecule has 0 bridgehead atoms. The molecule has 0 aliphatic carbocycles. The predicted molar refractivity (Wildman–Crippen MR) is 86.9 cm³/mol. The largest absolute Gasteiger partial charge is 0.486 e. The van der Waals surface area contributed by atoms with Crippen LogP contribution in [0.3, 0.4) is 0 Å². The van der Waals surface area contributed by atoms with E-state index in [1.165, 1.54) is 0 Å². The number of fused-ring (bicyclic) bond motifs is 2. The third-order valence-electron chi connectivity index (χ3n) is 3.38. The van der Waals surface area contributed by atoms with Crippen LogP contribution in [0.25, 0.3) is 10.9 Å². The molecule has 110 valence electrons. The Kier molecular flexibility index (Phi) is 3.35. The maximum absolute atomic E-state index is 5.95. The van der Waals surface area contributed by atoms with Crippen LogP contribution in [0.4, 0.5) is 0 Å². The zero-order valence-corrected chi connectivity index (χ0v) is 13.2. The summed E-state index contributed by atoms with van der Waals surface area (Å²) in [4.78, 5) is 4.55. The standard InChI is InChI=1S/C17H12BrNO3/c18-12-10-11-4-1-2-5-13(11)19-17(12)22-15-7-3-6-14-16(15)21-9-8-20-14/h1-7,10H,8-9H2. The number of benzene rings is 2. The van der Waals surface area contributed by atoms with E-state index in [4.69, 9.17) is 14.2 Å². The van der Waals surface area contributed by atoms with Gasteiger partial charge in [0.1, 0.15) is 13.2 Å². The highest BCUT2D eigenvalue weighted by Gasteiger charge is 2.18. The van der Waals surface area contributed by atoms with Gasteiger partial charge in [0.05, 0.1) is 9.99 Å². The van der Waals surface area contributed by atoms with E-state index in [1.54, 1.807) is 0 Å². The number of hydrogen-bond acceptors (Lipinski definition) is 4. The second-order valence-electron chi connectivity index (χ2n) is 4.85. The number of halogens is 1. The van der Waals surface area contributed by atoms with Crippen LogP contribution in [-0.2, 0) is 0 Å². The van der Waals surface area contributed by atoms with Crippen molar-refractivity contribution in [2.75, 3.05) is 13.2 Å². The van der Waals surface area contributed by atoms with Gasteiger partial charge in [-0.25, -0.2) is 4.98 Å². The van der Waals surface area contributed by atoms with Crippen molar-refractivity contribution in [3.8, 4) is 23.1 Å². The van der Waals surface area contributed by atoms with Gasteiger partial charge in [-0.3, -0.25) is 0 Å². The Balaban J connectivity index is 1.76. The first kappa shape index (κ1) is 13.4. The maximum atomic E-state index is 5.95. The summed E-state index contributed by atoms with van der Waals surface area (Å²) in [5.74, 6) is 2.42. The summed E-state index contributed by atoms with van der Waals surface area (Å²) in [5.41, 5.74) is 0.877. The predicted octanol–water partition coefficient (Wildman–Crippen LogP) is 4.56. The van der Waals surface area contributed by atoms with Crippen molar-refractivity contribution in [3.05, 3.63) is 53.0 Å². The average Bonchev–Trinajstić information content (AvgIpc) is 2.56. The lowest BCUT2D eigenvalue weighted by atomic mass is 10.2. The van der Waals surface area contributed by atoms with E-state index >= 15 is 0 Å². The number of aromatic nitrogens is 1. The van der Waals surface area contributed by atoms with E-state index in [9.17, 15) is 0 Å². The first-order valence-corrected chi connectivity index (χ1v) is 7.72. The third kappa shape index (κ3) is 2.37. The Morgan fingerprint density at radius 1 is 1.00 bits per heavy atom. The molecule has 1 aliphatic rings. The molecule has 0 amide bonds. The Labute approximate surface area is 135 Å². The van der Waals surface area contributed by atoms with Gasteiger partial charge >= 0.3 is 0 Å². The maximum Gasteiger partial charge on any atom is 0.234 e. The van der Waals surface area contributed by atoms with Gasteiger partial charge < -0.3 is 14.2 Å². The summed E-state index contributed by atoms with van der Waals surface area (Å²) >= 11 is 3.51. The van der Waals surface area contributed by atoms with Crippen molar-refractivity contribution < 1.29 is 14.2 Å². The van der Waals surface area contributed by atoms with E-state index in [2.05, 4.69) is 20.9 Å². The molecule has 0 fully saturated rings. The summed E-state index contributed by atoms with van der Waals surface area (Å²) < 4.78 is 18.0. The molecule has 4 nitrogen and oxygen atoms in total. The van der Waals surface area contributed by atoms with Gasteiger partial charge in [-0.2, -0.15) is 0 Å². The normalized spacial score (nSPS) is 13.1. The number of hydrogen-bond donors (Lipinski definition) is 0. The average molecular weight is 358 g/mol. The van der Waals surface area contributed by atoms with Crippen LogP contribution >= 0.6 is 15.9 Å². The molecular formula is C17H12BrNO3. The Hall–Kier alpha value is -2.27. The summed E-state index contributed by atoms with van der Waals surface area (Å²) in [7, 11) is 0. The molecule has 1 aliphatic heterocycles. The Morgan fingerprint density at radius 3 is 2.82 bits per heavy atom. The van der Waals surface area contributed by atoms with E-state index in [0.717, 1.165) is 15.4 Å². The topological polar surface area (TPSA) is 40.6 Å². The highest BCUT2D eigenvalue weighted by molar-refractivity contribution is 9.10. The summed E-state index contributed by atoms with van der Waals surface area (Å²) in [6.07, 6.45) is 0. The SMILES string of the molecule is Brc1cc2ccccc2nc1Oc1cccc2c1OCCO2. The van der Waals surface area contributed by atoms with Crippen molar-refractivity contribution in [2.45, 2.75) is 0 Å². The first-order valence-electron chi connectivity index (χ1n) is 6.93. The highest BCUT2D eigenvalue weighted by Crippen LogP contribution is 2.42. The fourth-order valence-electron chi connectivity index (χ4n) is 2.38. The second kappa shape index (κ2) is 5.50. The molecule has 4 rings (SSSR count). The van der Waals surface area contributed by atoms with Gasteiger partial charge in [0.25, 0.3) is 0 Å². The number of rotatable bonds is 2. The fourth-order valence-corrected chi connectivity index (χ4v) is 2.79. The van der Waals surface area contributed by atoms with Gasteiger partial charge in [-0.05, 0) is 40.2 Å². The van der Waals surface area contributed by atoms with Crippen LogP contribution < -0.4 is 14.2 Å². The Morgan fingerprint density at radius 2 is 1.86 bits per heavy atom. The molecule has 5 heteroatoms. The zero-order valence-electron chi connectivity index (χ0n) is 11.6. The van der Waals surface area contributed by atoms with Crippen LogP contribution in [0.1, 0.15) is 0 Å². The smallest absolute Gasteiger partial charge is 0.234 e. The lowest BCUT2D eigenvalue weighted by Crippen LogP contribution is -2.15. The lowest BCUT2D eigenvalue weighted by Gasteiger charge is -2.20. The molecule has 3 aromatic rings. The quantitative estimate of drug-likeness (QED) is 0.673. The van der Waals surface area contributed by atoms with Gasteiger partial charge in [0, 0.05) is 5.39 Å². The molecule has 0 radical (unpaired) electrons. The second-order valence-corrected chi connectivity index (χ2v) is 5.70. The molecule has 22 heavy (non-hydrogen) atoms. The van der Waals surface area contributed by atoms with Crippen LogP contribution in [-0.4, -0.2) is 18.2 Å². The Bertz CT molecular complexity index is 850. The lowest BCUT2D eigenvalue weighted by molar-refractivity contribution is 0.166. The summed E-state index contributed by atoms with van der Waals surface area (Å²) in [6.45, 7) is 1.06. The highest BCUT2D eigenvalue weighted by atomic mass is 79.9. The van der Waals surface area contributed by atoms with Crippen molar-refractivity contribution in [1.29, 1.82) is 0 Å². The third-order valence-corrected chi connectivity index (χ3v) is 3.95. The van der Waals surface area contributed by atoms with E-state index in [1.807, 2.05) is 48.5 Å². The van der Waals surface area contributed by atoms with Gasteiger partial charge in [-0.15, -0.1) is 0 Å². The zero-order chi connectivity index (χ0) is 14.9. The van der Waals surface area contributed by atoms with Gasteiger partial charge in [-0.1, -0.05) is 24.3 Å². The molecule has 0 spiro atoms. The number of pyridine rings is 1. The molecule has 2 heterocycles. The number of nitrogens with zero attached hydrogens (tertiary/aromatic N) is 1. The van der Waals surface area contributed by atoms with Crippen molar-refractivity contribution >= 4 is 26.8 Å². The fraction of sp³-hybridized carbons (Fsp3) is 0.118. The number of ether oxygens (including phenoxy) is 3. The first-order chi connectivity index (χ1) is 10.8. The summed E-state index contributed by atoms with van der Waals surface area (Å²) in [5, 5.41) is 1.05. The molecular weight excluding hydrogens is 346 g/mol. The molecule has 0 saturated carbocycles. The van der Waals surface area contributed by atoms with Crippen LogP contribution in [0.2, 0.25) is 0 Å². The van der Waals surface area contributed by atoms with Crippen LogP contribution in [0.15, 0.2) is 53.0 Å². The molecule has 2 aromatic carbocycles. The van der Waals surface area contributed by atoms with E-state index < -0.39 is 0 Å². The van der Waals surface area contributed by atoms with Crippen molar-refractivity contribution in [1.82, 2.24) is 4.98 Å². The minimum atomic E-state index is 0.501. The van der Waals surface area contributed by atoms with E-state index in [0.29, 0.717) is 36.3 Å². The van der Waals surface area contributed by atoms with E-state index in [-0.39, 0.29) is 0 Å². The van der Waals surface area contributed by atoms with Crippen molar-refractivity contribution in [2.24, 2.45) is 0 Å². The minimum absolute atomic E-state index is 0.501. The molecule has 0 saturated heterocycles. The molecule has 1 aromatic heterocycles. The van der Waals surface area contributed by atoms with Gasteiger partial charge in [0.2, 0.25) is 11.6 Å². The molecule has 0 atom stereocenters. The summed E-state index contributed by atoms with van der Waals surface area (Å²) in [6, 6.07) is 15.5. The molecule has 0 N–H and O–H groups in total. The number of para-hydroxylation sites is 2. The van der Waals surface area contributed by atoms with Gasteiger partial charge in [0.15, 0.2) is 11.5 Å². The molecule has 0 unspecified atom stereocenters. The van der Waals surface area contributed by atoms with Crippen molar-refractivity contribution in [3.63, 3.8) is 0 Å². The minimum Gasteiger partial charge on any atom is -0.486 e. The van der Waals surface area contributed by atoms with Crippen LogP contribution in [0, 0.1) is 0 Å². The van der Waals surface area contributed by atoms with Crippen LogP contribution in [0.5, 0.6) is 23.1 Å². The monoisotopic (exact) mass is 357 g/mol.